The number of hydrogen-bond acceptors (Lipinski definition) is 3. The molecule has 0 aliphatic carbocycles. The average molecular weight is 372 g/mol. The second kappa shape index (κ2) is 8.36. The maximum atomic E-state index is 12.6. The highest BCUT2D eigenvalue weighted by Gasteiger charge is 2.26. The molecule has 1 fully saturated rings. The fraction of sp³-hybridized carbons (Fsp3) is 0.400. The predicted molar refractivity (Wildman–Crippen MR) is 105 cm³/mol. The van der Waals surface area contributed by atoms with Crippen molar-refractivity contribution in [2.75, 3.05) is 26.2 Å². The van der Waals surface area contributed by atoms with E-state index in [1.165, 1.54) is 16.9 Å². The summed E-state index contributed by atoms with van der Waals surface area (Å²) in [4.78, 5) is 29.4. The Labute approximate surface area is 158 Å². The molecule has 2 aromatic rings. The van der Waals surface area contributed by atoms with Crippen molar-refractivity contribution in [3.63, 3.8) is 0 Å². The van der Waals surface area contributed by atoms with Crippen LogP contribution in [0.25, 0.3) is 0 Å². The average Bonchev–Trinajstić information content (AvgIpc) is 3.21. The van der Waals surface area contributed by atoms with Crippen molar-refractivity contribution < 1.29 is 9.59 Å². The van der Waals surface area contributed by atoms with Gasteiger partial charge in [0.25, 0.3) is 5.91 Å². The number of benzene rings is 1. The lowest BCUT2D eigenvalue weighted by Crippen LogP contribution is -2.53. The van der Waals surface area contributed by atoms with E-state index in [1.54, 1.807) is 4.90 Å². The van der Waals surface area contributed by atoms with Crippen molar-refractivity contribution in [3.8, 4) is 0 Å². The molecule has 1 atom stereocenters. The molecule has 0 saturated carbocycles. The monoisotopic (exact) mass is 371 g/mol. The predicted octanol–water partition coefficient (Wildman–Crippen LogP) is 3.68. The number of carbonyl (C=O) groups excluding carboxylic acids is 2. The Balaban J connectivity index is 1.54. The van der Waals surface area contributed by atoms with Crippen LogP contribution in [-0.2, 0) is 0 Å². The summed E-state index contributed by atoms with van der Waals surface area (Å²) in [6.07, 6.45) is 0.839. The molecular formula is C20H25N3O2S. The Hall–Kier alpha value is -2.34. The Kier molecular flexibility index (Phi) is 5.93. The summed E-state index contributed by atoms with van der Waals surface area (Å²) in [6, 6.07) is 12.0. The lowest BCUT2D eigenvalue weighted by Gasteiger charge is -2.35. The van der Waals surface area contributed by atoms with Gasteiger partial charge in [-0.3, -0.25) is 4.79 Å². The molecule has 3 amide bonds. The molecule has 6 heteroatoms. The maximum absolute atomic E-state index is 12.6. The third-order valence-corrected chi connectivity index (χ3v) is 5.63. The summed E-state index contributed by atoms with van der Waals surface area (Å²) >= 11 is 1.46. The van der Waals surface area contributed by atoms with E-state index in [2.05, 4.69) is 43.4 Å². The Morgan fingerprint density at radius 2 is 1.73 bits per heavy atom. The summed E-state index contributed by atoms with van der Waals surface area (Å²) in [7, 11) is 0. The molecule has 1 saturated heterocycles. The molecule has 1 aliphatic heterocycles. The van der Waals surface area contributed by atoms with Gasteiger partial charge < -0.3 is 15.1 Å². The van der Waals surface area contributed by atoms with Crippen LogP contribution in [0.3, 0.4) is 0 Å². The zero-order valence-corrected chi connectivity index (χ0v) is 16.1. The van der Waals surface area contributed by atoms with Crippen LogP contribution in [0.5, 0.6) is 0 Å². The van der Waals surface area contributed by atoms with Crippen LogP contribution in [0, 0.1) is 6.92 Å². The first-order chi connectivity index (χ1) is 12.6. The fourth-order valence-corrected chi connectivity index (χ4v) is 3.82. The standard InChI is InChI=1S/C20H25N3O2S/c1-3-17(16-8-6-15(2)7-9-16)21-20(25)23-12-10-22(11-13-23)19(24)18-5-4-14-26-18/h4-9,14,17H,3,10-13H2,1-2H3,(H,21,25). The molecule has 5 nitrogen and oxygen atoms in total. The second-order valence-electron chi connectivity index (χ2n) is 6.58. The zero-order valence-electron chi connectivity index (χ0n) is 15.3. The minimum atomic E-state index is -0.0550. The molecule has 0 radical (unpaired) electrons. The topological polar surface area (TPSA) is 52.7 Å². The SMILES string of the molecule is CCC(NC(=O)N1CCN(C(=O)c2cccs2)CC1)c1ccc(C)cc1. The molecule has 3 rings (SSSR count). The van der Waals surface area contributed by atoms with Crippen molar-refractivity contribution in [3.05, 3.63) is 57.8 Å². The number of nitrogens with zero attached hydrogens (tertiary/aromatic N) is 2. The largest absolute Gasteiger partial charge is 0.334 e. The summed E-state index contributed by atoms with van der Waals surface area (Å²) in [5.41, 5.74) is 2.33. The van der Waals surface area contributed by atoms with Crippen molar-refractivity contribution in [2.24, 2.45) is 0 Å². The van der Waals surface area contributed by atoms with Crippen LogP contribution in [-0.4, -0.2) is 47.9 Å². The van der Waals surface area contributed by atoms with Crippen LogP contribution < -0.4 is 5.32 Å². The first kappa shape index (κ1) is 18.5. The van der Waals surface area contributed by atoms with Crippen LogP contribution in [0.15, 0.2) is 41.8 Å². The normalized spacial score (nSPS) is 15.6. The quantitative estimate of drug-likeness (QED) is 0.891. The van der Waals surface area contributed by atoms with Crippen molar-refractivity contribution in [1.29, 1.82) is 0 Å². The van der Waals surface area contributed by atoms with Gasteiger partial charge in [-0.15, -0.1) is 11.3 Å². The van der Waals surface area contributed by atoms with Gasteiger partial charge in [0.2, 0.25) is 0 Å². The van der Waals surface area contributed by atoms with E-state index in [9.17, 15) is 9.59 Å². The summed E-state index contributed by atoms with van der Waals surface area (Å²) in [5.74, 6) is 0.0612. The van der Waals surface area contributed by atoms with Gasteiger partial charge in [0, 0.05) is 26.2 Å². The minimum Gasteiger partial charge on any atom is -0.334 e. The van der Waals surface area contributed by atoms with Gasteiger partial charge in [0.05, 0.1) is 10.9 Å². The number of piperazine rings is 1. The first-order valence-electron chi connectivity index (χ1n) is 9.03. The van der Waals surface area contributed by atoms with Gasteiger partial charge in [-0.25, -0.2) is 4.79 Å². The van der Waals surface area contributed by atoms with Crippen molar-refractivity contribution in [1.82, 2.24) is 15.1 Å². The molecule has 0 spiro atoms. The number of aryl methyl sites for hydroxylation is 1. The number of hydrogen-bond donors (Lipinski definition) is 1. The number of nitrogens with one attached hydrogen (secondary N) is 1. The Morgan fingerprint density at radius 1 is 1.08 bits per heavy atom. The zero-order chi connectivity index (χ0) is 18.5. The van der Waals surface area contributed by atoms with E-state index < -0.39 is 0 Å². The van der Waals surface area contributed by atoms with Gasteiger partial charge in [0.1, 0.15) is 0 Å². The number of amides is 3. The van der Waals surface area contributed by atoms with E-state index in [4.69, 9.17) is 0 Å². The lowest BCUT2D eigenvalue weighted by molar-refractivity contribution is 0.0668. The molecule has 26 heavy (non-hydrogen) atoms. The molecule has 1 aromatic carbocycles. The molecule has 0 bridgehead atoms. The van der Waals surface area contributed by atoms with Crippen molar-refractivity contribution in [2.45, 2.75) is 26.3 Å². The third-order valence-electron chi connectivity index (χ3n) is 4.77. The molecular weight excluding hydrogens is 346 g/mol. The lowest BCUT2D eigenvalue weighted by atomic mass is 10.0. The smallest absolute Gasteiger partial charge is 0.318 e. The number of thiophene rings is 1. The van der Waals surface area contributed by atoms with Crippen LogP contribution in [0.4, 0.5) is 4.79 Å². The van der Waals surface area contributed by atoms with E-state index >= 15 is 0 Å². The highest BCUT2D eigenvalue weighted by atomic mass is 32.1. The number of carbonyl (C=O) groups is 2. The summed E-state index contributed by atoms with van der Waals surface area (Å²) in [6.45, 7) is 6.40. The Bertz CT molecular complexity index is 735. The number of rotatable bonds is 4. The maximum Gasteiger partial charge on any atom is 0.318 e. The van der Waals surface area contributed by atoms with E-state index in [-0.39, 0.29) is 18.0 Å². The molecule has 1 N–H and O–H groups in total. The van der Waals surface area contributed by atoms with Gasteiger partial charge in [-0.1, -0.05) is 42.8 Å². The minimum absolute atomic E-state index is 0.00822. The van der Waals surface area contributed by atoms with Crippen LogP contribution >= 0.6 is 11.3 Å². The van der Waals surface area contributed by atoms with Crippen LogP contribution in [0.2, 0.25) is 0 Å². The highest BCUT2D eigenvalue weighted by molar-refractivity contribution is 7.12. The number of urea groups is 1. The molecule has 1 unspecified atom stereocenters. The first-order valence-corrected chi connectivity index (χ1v) is 9.91. The third kappa shape index (κ3) is 4.25. The molecule has 1 aliphatic rings. The van der Waals surface area contributed by atoms with Gasteiger partial charge in [0.15, 0.2) is 0 Å². The second-order valence-corrected chi connectivity index (χ2v) is 7.53. The van der Waals surface area contributed by atoms with E-state index in [0.717, 1.165) is 16.9 Å². The van der Waals surface area contributed by atoms with E-state index in [0.29, 0.717) is 26.2 Å². The highest BCUT2D eigenvalue weighted by Crippen LogP contribution is 2.18. The van der Waals surface area contributed by atoms with Gasteiger partial charge in [-0.05, 0) is 30.4 Å². The molecule has 138 valence electrons. The van der Waals surface area contributed by atoms with E-state index in [1.807, 2.05) is 22.4 Å². The molecule has 1 aromatic heterocycles. The summed E-state index contributed by atoms with van der Waals surface area (Å²) < 4.78 is 0. The van der Waals surface area contributed by atoms with Crippen LogP contribution in [0.1, 0.15) is 40.2 Å². The Morgan fingerprint density at radius 3 is 2.31 bits per heavy atom. The fourth-order valence-electron chi connectivity index (χ4n) is 3.13. The summed E-state index contributed by atoms with van der Waals surface area (Å²) in [5, 5.41) is 5.04. The molecule has 2 heterocycles. The van der Waals surface area contributed by atoms with Gasteiger partial charge >= 0.3 is 6.03 Å². The van der Waals surface area contributed by atoms with Gasteiger partial charge in [-0.2, -0.15) is 0 Å². The van der Waals surface area contributed by atoms with Crippen molar-refractivity contribution >= 4 is 23.3 Å².